The minimum absolute atomic E-state index is 0. The Labute approximate surface area is 283 Å². The third-order valence-corrected chi connectivity index (χ3v) is 6.56. The van der Waals surface area contributed by atoms with E-state index in [1.165, 1.54) is 0 Å². The van der Waals surface area contributed by atoms with Gasteiger partial charge in [-0.25, -0.2) is 0 Å². The summed E-state index contributed by atoms with van der Waals surface area (Å²) in [5.41, 5.74) is 5.33. The van der Waals surface area contributed by atoms with Crippen molar-refractivity contribution in [1.29, 1.82) is 0 Å². The van der Waals surface area contributed by atoms with E-state index in [4.69, 9.17) is 10.8 Å². The standard InChI is InChI=1S/2C12H8N2.2C7H5N2.Mn/c2*1-3-9-5-6-10-4-2-8-14-12(10)11(9)13-7-1;2*8-6-9-7-4-2-1-3-5-7;/h2*1-8H;2*1-5H;/q2*-2;2*-1;+2. The van der Waals surface area contributed by atoms with Gasteiger partial charge in [0, 0.05) is 0 Å². The zero-order chi connectivity index (χ0) is 31.8. The molecule has 0 fully saturated rings. The molecule has 0 spiro atoms. The molecule has 0 saturated carbocycles. The van der Waals surface area contributed by atoms with Crippen LogP contribution in [0.1, 0.15) is 0 Å². The van der Waals surface area contributed by atoms with Crippen molar-refractivity contribution in [1.82, 2.24) is 0 Å². The maximum atomic E-state index is 8.10. The molecule has 4 aliphatic heterocycles. The van der Waals surface area contributed by atoms with E-state index in [9.17, 15) is 0 Å². The molecule has 0 N–H and O–H groups in total. The van der Waals surface area contributed by atoms with Crippen LogP contribution in [0.4, 0.5) is 34.1 Å². The van der Waals surface area contributed by atoms with Crippen LogP contribution in [0.15, 0.2) is 144 Å². The van der Waals surface area contributed by atoms with Crippen LogP contribution in [0.2, 0.25) is 0 Å². The van der Waals surface area contributed by atoms with Crippen molar-refractivity contribution in [2.75, 3.05) is 0 Å². The van der Waals surface area contributed by atoms with Crippen molar-refractivity contribution in [3.63, 3.8) is 0 Å². The fourth-order valence-corrected chi connectivity index (χ4v) is 4.48. The fourth-order valence-electron chi connectivity index (χ4n) is 4.48. The molecule has 8 rings (SSSR count). The molecular formula is C38H26MnN8-4. The van der Waals surface area contributed by atoms with Crippen molar-refractivity contribution in [2.45, 2.75) is 0 Å². The van der Waals surface area contributed by atoms with Crippen LogP contribution in [0, 0.1) is 0 Å². The molecule has 0 atom stereocenters. The van der Waals surface area contributed by atoms with Gasteiger partial charge in [-0.3, -0.25) is 0 Å². The van der Waals surface area contributed by atoms with Gasteiger partial charge < -0.3 is 42.1 Å². The van der Waals surface area contributed by atoms with E-state index < -0.39 is 0 Å². The molecule has 0 aliphatic carbocycles. The molecule has 0 bridgehead atoms. The van der Waals surface area contributed by atoms with Crippen LogP contribution >= 0.6 is 0 Å². The Bertz CT molecular complexity index is 1900. The Hall–Kier alpha value is -6.20. The van der Waals surface area contributed by atoms with Gasteiger partial charge in [-0.05, 0) is 32.2 Å². The van der Waals surface area contributed by atoms with E-state index in [1.54, 1.807) is 61.1 Å². The Morgan fingerprint density at radius 3 is 0.936 bits per heavy atom. The first-order valence-electron chi connectivity index (χ1n) is 14.2. The first-order chi connectivity index (χ1) is 22.8. The molecule has 4 aliphatic rings. The summed E-state index contributed by atoms with van der Waals surface area (Å²) in [5, 5.41) is 38.1. The molecule has 0 saturated heterocycles. The van der Waals surface area contributed by atoms with E-state index in [0.29, 0.717) is 11.4 Å². The molecule has 0 aromatic heterocycles. The number of fused-ring (bicyclic) bond motifs is 6. The summed E-state index contributed by atoms with van der Waals surface area (Å²) >= 11 is 0. The predicted octanol–water partition coefficient (Wildman–Crippen LogP) is 8.75. The molecule has 1 radical (unpaired) electrons. The maximum absolute atomic E-state index is 8.10. The van der Waals surface area contributed by atoms with Crippen LogP contribution < -0.4 is 20.9 Å². The molecule has 229 valence electrons. The van der Waals surface area contributed by atoms with Gasteiger partial charge in [0.1, 0.15) is 0 Å². The quantitative estimate of drug-likeness (QED) is 0.152. The second-order valence-electron chi connectivity index (χ2n) is 9.53. The van der Waals surface area contributed by atoms with Crippen molar-refractivity contribution in [3.05, 3.63) is 187 Å². The van der Waals surface area contributed by atoms with E-state index in [1.807, 2.05) is 60.7 Å². The van der Waals surface area contributed by atoms with Gasteiger partial charge in [-0.1, -0.05) is 134 Å². The molecule has 9 heteroatoms. The molecule has 4 aromatic rings. The summed E-state index contributed by atoms with van der Waals surface area (Å²) in [5.74, 6) is 0. The maximum Gasteiger partial charge on any atom is 2.00 e. The minimum Gasteiger partial charge on any atom is -0.665 e. The van der Waals surface area contributed by atoms with Crippen LogP contribution in [-0.2, 0) is 17.1 Å². The van der Waals surface area contributed by atoms with Gasteiger partial charge in [-0.2, -0.15) is 36.8 Å². The van der Waals surface area contributed by atoms with E-state index in [0.717, 1.165) is 43.6 Å². The van der Waals surface area contributed by atoms with E-state index in [-0.39, 0.29) is 17.1 Å². The molecular weight excluding hydrogens is 623 g/mol. The summed E-state index contributed by atoms with van der Waals surface area (Å²) in [7, 11) is 0. The van der Waals surface area contributed by atoms with Crippen LogP contribution in [0.5, 0.6) is 0 Å². The summed E-state index contributed by atoms with van der Waals surface area (Å²) < 4.78 is 0. The van der Waals surface area contributed by atoms with Gasteiger partial charge >= 0.3 is 17.1 Å². The Balaban J connectivity index is 0.000000144. The van der Waals surface area contributed by atoms with Gasteiger partial charge in [0.05, 0.1) is 0 Å². The second kappa shape index (κ2) is 17.9. The average molecular weight is 650 g/mol. The number of hydrogen-bond acceptors (Lipinski definition) is 2. The zero-order valence-corrected chi connectivity index (χ0v) is 26.1. The normalized spacial score (nSPS) is 12.3. The SMILES string of the molecule is C1=C[N-]c2c3c(ccc2=C1)=CC=C[N-]3.C1=C[N-]c2c3c(ccc2=C1)=CC=C[N-]3.[Mn+2].[N-]=C=Nc1ccccc1.[N-]=C=Nc1ccccc1. The summed E-state index contributed by atoms with van der Waals surface area (Å²) in [6.45, 7) is 0. The number of allylic oxidation sites excluding steroid dienone is 4. The molecule has 8 nitrogen and oxygen atoms in total. The number of nitrogens with zero attached hydrogens (tertiary/aromatic N) is 8. The Kier molecular flexibility index (Phi) is 12.9. The Morgan fingerprint density at radius 2 is 0.681 bits per heavy atom. The zero-order valence-electron chi connectivity index (χ0n) is 25.0. The molecule has 47 heavy (non-hydrogen) atoms. The fraction of sp³-hybridized carbons (Fsp3) is 0. The first-order valence-corrected chi connectivity index (χ1v) is 14.2. The predicted molar refractivity (Wildman–Crippen MR) is 192 cm³/mol. The third kappa shape index (κ3) is 9.39. The number of benzene rings is 4. The van der Waals surface area contributed by atoms with Crippen molar-refractivity contribution >= 4 is 70.4 Å². The third-order valence-electron chi connectivity index (χ3n) is 6.56. The van der Waals surface area contributed by atoms with E-state index in [2.05, 4.69) is 79.8 Å². The van der Waals surface area contributed by atoms with Crippen LogP contribution in [0.25, 0.3) is 56.4 Å². The molecule has 0 amide bonds. The largest absolute Gasteiger partial charge is 2.00 e. The first kappa shape index (κ1) is 33.7. The topological polar surface area (TPSA) is 126 Å². The second-order valence-corrected chi connectivity index (χ2v) is 9.53. The van der Waals surface area contributed by atoms with Gasteiger partial charge in [0.2, 0.25) is 0 Å². The van der Waals surface area contributed by atoms with Crippen molar-refractivity contribution < 1.29 is 17.1 Å². The number of aliphatic imine (C=N–C) groups is 2. The number of rotatable bonds is 2. The summed E-state index contributed by atoms with van der Waals surface area (Å²) in [6.07, 6.45) is 23.2. The monoisotopic (exact) mass is 649 g/mol. The summed E-state index contributed by atoms with van der Waals surface area (Å²) in [4.78, 5) is 7.02. The smallest absolute Gasteiger partial charge is 0.665 e. The Morgan fingerprint density at radius 1 is 0.404 bits per heavy atom. The van der Waals surface area contributed by atoms with Gasteiger partial charge in [-0.15, -0.1) is 22.7 Å². The van der Waals surface area contributed by atoms with Crippen LogP contribution in [0.3, 0.4) is 0 Å². The van der Waals surface area contributed by atoms with Gasteiger partial charge in [0.15, 0.2) is 0 Å². The van der Waals surface area contributed by atoms with Crippen molar-refractivity contribution in [3.8, 4) is 0 Å². The minimum atomic E-state index is 0. The van der Waals surface area contributed by atoms with Crippen LogP contribution in [-0.4, -0.2) is 12.0 Å². The number of para-hydroxylation sites is 2. The molecule has 4 aromatic carbocycles. The van der Waals surface area contributed by atoms with E-state index >= 15 is 0 Å². The van der Waals surface area contributed by atoms with Crippen molar-refractivity contribution in [2.24, 2.45) is 9.98 Å². The molecule has 0 unspecified atom stereocenters. The van der Waals surface area contributed by atoms with Gasteiger partial charge in [0.25, 0.3) is 0 Å². The summed E-state index contributed by atoms with van der Waals surface area (Å²) in [6, 6.07) is 30.0. The average Bonchev–Trinajstić information content (AvgIpc) is 3.14. The number of hydrogen-bond donors (Lipinski definition) is 0. The molecule has 4 heterocycles.